The van der Waals surface area contributed by atoms with Gasteiger partial charge >= 0.3 is 5.97 Å². The van der Waals surface area contributed by atoms with Crippen LogP contribution in [0.1, 0.15) is 46.1 Å². The SMILES string of the molecule is CCOC(=O)c1c(NC(=S)Nc2cnn(Cc3ccc(Cl)c(Cl)c3)c2)sc2c1CCCC2. The van der Waals surface area contributed by atoms with E-state index in [0.717, 1.165) is 47.5 Å². The highest BCUT2D eigenvalue weighted by Gasteiger charge is 2.26. The fraction of sp³-hybridized carbons (Fsp3) is 0.318. The molecule has 0 saturated carbocycles. The van der Waals surface area contributed by atoms with Gasteiger partial charge < -0.3 is 15.4 Å². The van der Waals surface area contributed by atoms with Crippen molar-refractivity contribution in [3.8, 4) is 0 Å². The molecule has 3 aromatic rings. The summed E-state index contributed by atoms with van der Waals surface area (Å²) in [5.74, 6) is -0.299. The van der Waals surface area contributed by atoms with Gasteiger partial charge in [-0.3, -0.25) is 4.68 Å². The third-order valence-electron chi connectivity index (χ3n) is 5.10. The van der Waals surface area contributed by atoms with Gasteiger partial charge in [0.2, 0.25) is 0 Å². The molecule has 0 amide bonds. The molecular weight excluding hydrogens is 487 g/mol. The van der Waals surface area contributed by atoms with Gasteiger partial charge in [0.25, 0.3) is 0 Å². The summed E-state index contributed by atoms with van der Waals surface area (Å²) >= 11 is 19.2. The Labute approximate surface area is 205 Å². The molecule has 0 unspecified atom stereocenters. The lowest BCUT2D eigenvalue weighted by molar-refractivity contribution is 0.0526. The summed E-state index contributed by atoms with van der Waals surface area (Å²) in [7, 11) is 0. The molecule has 2 N–H and O–H groups in total. The second-order valence-corrected chi connectivity index (χ2v) is 9.72. The van der Waals surface area contributed by atoms with E-state index in [-0.39, 0.29) is 5.97 Å². The van der Waals surface area contributed by atoms with Crippen molar-refractivity contribution >= 4 is 68.5 Å². The van der Waals surface area contributed by atoms with E-state index < -0.39 is 0 Å². The fourth-order valence-corrected chi connectivity index (χ4v) is 5.57. The van der Waals surface area contributed by atoms with Gasteiger partial charge in [-0.05, 0) is 68.1 Å². The van der Waals surface area contributed by atoms with Gasteiger partial charge in [-0.1, -0.05) is 29.3 Å². The minimum Gasteiger partial charge on any atom is -0.462 e. The largest absolute Gasteiger partial charge is 0.462 e. The molecule has 0 radical (unpaired) electrons. The van der Waals surface area contributed by atoms with E-state index in [4.69, 9.17) is 40.2 Å². The van der Waals surface area contributed by atoms with Crippen LogP contribution in [0.2, 0.25) is 10.0 Å². The summed E-state index contributed by atoms with van der Waals surface area (Å²) in [6, 6.07) is 5.49. The Morgan fingerprint density at radius 3 is 2.84 bits per heavy atom. The summed E-state index contributed by atoms with van der Waals surface area (Å²) in [4.78, 5) is 13.8. The van der Waals surface area contributed by atoms with Crippen LogP contribution in [-0.4, -0.2) is 27.5 Å². The monoisotopic (exact) mass is 508 g/mol. The summed E-state index contributed by atoms with van der Waals surface area (Å²) in [6.45, 7) is 2.69. The molecule has 6 nitrogen and oxygen atoms in total. The Hall–Kier alpha value is -2.13. The van der Waals surface area contributed by atoms with Crippen LogP contribution in [0.15, 0.2) is 30.6 Å². The minimum absolute atomic E-state index is 0.299. The Kier molecular flexibility index (Phi) is 7.35. The Bertz CT molecular complexity index is 1160. The number of nitrogens with one attached hydrogen (secondary N) is 2. The maximum Gasteiger partial charge on any atom is 0.341 e. The number of carbonyl (C=O) groups is 1. The van der Waals surface area contributed by atoms with Crippen LogP contribution in [0.25, 0.3) is 0 Å². The van der Waals surface area contributed by atoms with Crippen molar-refractivity contribution in [2.45, 2.75) is 39.2 Å². The van der Waals surface area contributed by atoms with Crippen LogP contribution in [0.3, 0.4) is 0 Å². The molecule has 2 aromatic heterocycles. The third kappa shape index (κ3) is 5.26. The van der Waals surface area contributed by atoms with Crippen LogP contribution in [0, 0.1) is 0 Å². The second-order valence-electron chi connectivity index (χ2n) is 7.39. The van der Waals surface area contributed by atoms with Gasteiger partial charge in [-0.15, -0.1) is 11.3 Å². The number of benzene rings is 1. The van der Waals surface area contributed by atoms with Crippen LogP contribution in [0.4, 0.5) is 10.7 Å². The number of ether oxygens (including phenoxy) is 1. The van der Waals surface area contributed by atoms with Gasteiger partial charge in [0, 0.05) is 11.1 Å². The number of halogens is 2. The van der Waals surface area contributed by atoms with Gasteiger partial charge in [-0.2, -0.15) is 5.10 Å². The molecule has 0 fully saturated rings. The quantitative estimate of drug-likeness (QED) is 0.306. The van der Waals surface area contributed by atoms with Crippen LogP contribution in [-0.2, 0) is 24.1 Å². The Balaban J connectivity index is 1.45. The number of fused-ring (bicyclic) bond motifs is 1. The standard InChI is InChI=1S/C22H22Cl2N4O2S2/c1-2-30-21(29)19-15-5-3-4-6-18(15)32-20(19)27-22(31)26-14-10-25-28(12-14)11-13-7-8-16(23)17(24)9-13/h7-10,12H,2-6,11H2,1H3,(H2,26,27,31). The number of anilines is 2. The van der Waals surface area contributed by atoms with E-state index in [9.17, 15) is 4.79 Å². The fourth-order valence-electron chi connectivity index (χ4n) is 3.68. The summed E-state index contributed by atoms with van der Waals surface area (Å²) < 4.78 is 7.08. The molecule has 4 rings (SSSR count). The minimum atomic E-state index is -0.299. The predicted octanol–water partition coefficient (Wildman–Crippen LogP) is 6.16. The number of thiocarbonyl (C=S) groups is 1. The van der Waals surface area contributed by atoms with E-state index >= 15 is 0 Å². The van der Waals surface area contributed by atoms with E-state index in [1.54, 1.807) is 28.3 Å². The highest BCUT2D eigenvalue weighted by atomic mass is 35.5. The van der Waals surface area contributed by atoms with Crippen molar-refractivity contribution < 1.29 is 9.53 Å². The average Bonchev–Trinajstić information content (AvgIpc) is 3.34. The molecule has 168 valence electrons. The smallest absolute Gasteiger partial charge is 0.341 e. The number of rotatable bonds is 6. The first-order valence-electron chi connectivity index (χ1n) is 10.3. The molecule has 0 aliphatic heterocycles. The number of aromatic nitrogens is 2. The first kappa shape index (κ1) is 23.0. The number of hydrogen-bond acceptors (Lipinski definition) is 5. The lowest BCUT2D eigenvalue weighted by Gasteiger charge is -2.13. The van der Waals surface area contributed by atoms with Crippen molar-refractivity contribution in [3.63, 3.8) is 0 Å². The maximum atomic E-state index is 12.6. The van der Waals surface area contributed by atoms with Gasteiger partial charge in [0.05, 0.1) is 40.6 Å². The first-order valence-corrected chi connectivity index (χ1v) is 12.3. The van der Waals surface area contributed by atoms with Crippen LogP contribution < -0.4 is 10.6 Å². The number of carbonyl (C=O) groups excluding carboxylic acids is 1. The highest BCUT2D eigenvalue weighted by Crippen LogP contribution is 2.38. The Morgan fingerprint density at radius 2 is 2.06 bits per heavy atom. The zero-order chi connectivity index (χ0) is 22.7. The predicted molar refractivity (Wildman–Crippen MR) is 135 cm³/mol. The van der Waals surface area contributed by atoms with E-state index in [1.165, 1.54) is 4.88 Å². The molecule has 0 bridgehead atoms. The number of aryl methyl sites for hydroxylation is 1. The van der Waals surface area contributed by atoms with Crippen molar-refractivity contribution in [2.75, 3.05) is 17.2 Å². The van der Waals surface area contributed by atoms with Crippen molar-refractivity contribution in [2.24, 2.45) is 0 Å². The number of hydrogen-bond donors (Lipinski definition) is 2. The highest BCUT2D eigenvalue weighted by molar-refractivity contribution is 7.80. The molecule has 10 heteroatoms. The zero-order valence-electron chi connectivity index (χ0n) is 17.4. The second kappa shape index (κ2) is 10.2. The molecule has 32 heavy (non-hydrogen) atoms. The van der Waals surface area contributed by atoms with Gasteiger partial charge in [0.1, 0.15) is 5.00 Å². The van der Waals surface area contributed by atoms with Gasteiger partial charge in [0.15, 0.2) is 5.11 Å². The van der Waals surface area contributed by atoms with Gasteiger partial charge in [-0.25, -0.2) is 4.79 Å². The molecule has 0 saturated heterocycles. The molecule has 1 aliphatic carbocycles. The van der Waals surface area contributed by atoms with E-state index in [1.807, 2.05) is 25.3 Å². The lowest BCUT2D eigenvalue weighted by Crippen LogP contribution is -2.20. The average molecular weight is 509 g/mol. The molecule has 1 aromatic carbocycles. The van der Waals surface area contributed by atoms with Crippen LogP contribution >= 0.6 is 46.8 Å². The summed E-state index contributed by atoms with van der Waals surface area (Å²) in [6.07, 6.45) is 7.63. The maximum absolute atomic E-state index is 12.6. The molecule has 2 heterocycles. The Morgan fingerprint density at radius 1 is 1.25 bits per heavy atom. The first-order chi connectivity index (χ1) is 15.4. The van der Waals surface area contributed by atoms with Crippen molar-refractivity contribution in [3.05, 3.63) is 62.2 Å². The third-order valence-corrected chi connectivity index (χ3v) is 7.25. The molecule has 0 spiro atoms. The van der Waals surface area contributed by atoms with E-state index in [2.05, 4.69) is 15.7 Å². The van der Waals surface area contributed by atoms with E-state index in [0.29, 0.717) is 33.9 Å². The molecular formula is C22H22Cl2N4O2S2. The lowest BCUT2D eigenvalue weighted by atomic mass is 9.95. The van der Waals surface area contributed by atoms with Crippen LogP contribution in [0.5, 0.6) is 0 Å². The normalized spacial score (nSPS) is 12.8. The number of nitrogens with zero attached hydrogens (tertiary/aromatic N) is 2. The summed E-state index contributed by atoms with van der Waals surface area (Å²) in [5, 5.41) is 12.9. The number of esters is 1. The van der Waals surface area contributed by atoms with Crippen molar-refractivity contribution in [1.82, 2.24) is 9.78 Å². The zero-order valence-corrected chi connectivity index (χ0v) is 20.6. The topological polar surface area (TPSA) is 68.2 Å². The summed E-state index contributed by atoms with van der Waals surface area (Å²) in [5.41, 5.74) is 3.44. The number of thiophene rings is 1. The molecule has 0 atom stereocenters. The van der Waals surface area contributed by atoms with Crippen molar-refractivity contribution in [1.29, 1.82) is 0 Å². The molecule has 1 aliphatic rings.